The third kappa shape index (κ3) is 1.78. The molecular weight excluding hydrogens is 144 g/mol. The number of hydrogen-bond acceptors (Lipinski definition) is 2. The Morgan fingerprint density at radius 3 is 2.27 bits per heavy atom. The highest BCUT2D eigenvalue weighted by atomic mass is 16.3. The third-order valence-electron chi connectivity index (χ3n) is 1.32. The van der Waals surface area contributed by atoms with Gasteiger partial charge in [0.2, 0.25) is 0 Å². The van der Waals surface area contributed by atoms with E-state index in [2.05, 4.69) is 0 Å². The summed E-state index contributed by atoms with van der Waals surface area (Å²) in [4.78, 5) is 10.7. The summed E-state index contributed by atoms with van der Waals surface area (Å²) in [7, 11) is 0. The van der Waals surface area contributed by atoms with E-state index in [0.29, 0.717) is 5.56 Å². The molecule has 3 nitrogen and oxygen atoms in total. The fourth-order valence-corrected chi connectivity index (χ4v) is 0.731. The molecule has 57 valence electrons. The molecule has 0 fully saturated rings. The van der Waals surface area contributed by atoms with Gasteiger partial charge in [0.1, 0.15) is 12.4 Å². The van der Waals surface area contributed by atoms with Crippen molar-refractivity contribution in [1.29, 1.82) is 0 Å². The Labute approximate surface area is 63.9 Å². The van der Waals surface area contributed by atoms with Crippen molar-refractivity contribution >= 4 is 5.78 Å². The van der Waals surface area contributed by atoms with E-state index in [1.165, 1.54) is 24.3 Å². The smallest absolute Gasteiger partial charge is 0.191 e. The minimum absolute atomic E-state index is 0.0902. The van der Waals surface area contributed by atoms with Gasteiger partial charge in [0.15, 0.2) is 5.78 Å². The first-order chi connectivity index (χ1) is 5.24. The van der Waals surface area contributed by atoms with Gasteiger partial charge in [-0.2, -0.15) is 0 Å². The van der Waals surface area contributed by atoms with E-state index in [4.69, 9.17) is 5.11 Å². The van der Waals surface area contributed by atoms with E-state index >= 15 is 0 Å². The van der Waals surface area contributed by atoms with Crippen molar-refractivity contribution in [2.75, 3.05) is 6.61 Å². The summed E-state index contributed by atoms with van der Waals surface area (Å²) in [5.74, 6) is -0.363. The molecule has 1 rings (SSSR count). The lowest BCUT2D eigenvalue weighted by Crippen LogP contribution is -2.01. The predicted molar refractivity (Wildman–Crippen MR) is 38.0 cm³/mol. The van der Waals surface area contributed by atoms with Gasteiger partial charge in [-0.3, -0.25) is 4.79 Å². The van der Waals surface area contributed by atoms with Gasteiger partial charge in [0, 0.05) is 5.56 Å². The fraction of sp³-hybridized carbons (Fsp3) is 0.125. The topological polar surface area (TPSA) is 57.2 Å². The van der Waals surface area contributed by atoms with Crippen LogP contribution < -0.4 is 0 Å². The molecule has 3 heteroatoms. The van der Waals surface area contributed by atoms with Gasteiger partial charge >= 0.3 is 0 Å². The molecule has 0 spiro atoms. The Morgan fingerprint density at radius 1 is 1.27 bits per heavy atom. The van der Waals surface area contributed by atoms with Crippen LogP contribution in [0, 0.1) is 0 Å². The zero-order valence-electron chi connectivity index (χ0n) is 5.78. The number of hydrogen-bond donors (Lipinski definition) is 1. The van der Waals surface area contributed by atoms with Crippen LogP contribution in [0.15, 0.2) is 24.3 Å². The number of rotatable bonds is 2. The second-order valence-corrected chi connectivity index (χ2v) is 2.11. The van der Waals surface area contributed by atoms with Gasteiger partial charge in [-0.05, 0) is 24.3 Å². The lowest BCUT2D eigenvalue weighted by Gasteiger charge is -1.94. The molecule has 0 unspecified atom stereocenters. The molecule has 0 saturated heterocycles. The zero-order chi connectivity index (χ0) is 8.27. The summed E-state index contributed by atoms with van der Waals surface area (Å²) < 4.78 is 0. The second kappa shape index (κ2) is 3.16. The summed E-state index contributed by atoms with van der Waals surface area (Å²) in [6, 6.07) is 5.61. The monoisotopic (exact) mass is 151 g/mol. The van der Waals surface area contributed by atoms with Crippen LogP contribution in [-0.2, 0) is 5.11 Å². The molecule has 11 heavy (non-hydrogen) atoms. The molecule has 0 atom stereocenters. The molecule has 0 aliphatic heterocycles. The van der Waals surface area contributed by atoms with E-state index in [1.54, 1.807) is 0 Å². The number of Topliss-reactive ketones (excluding diaryl/α,β-unsaturated/α-hetero) is 1. The summed E-state index contributed by atoms with van der Waals surface area (Å²) in [6.45, 7) is -0.745. The lowest BCUT2D eigenvalue weighted by atomic mass is 10.1. The highest BCUT2D eigenvalue weighted by Gasteiger charge is 2.02. The van der Waals surface area contributed by atoms with Crippen molar-refractivity contribution < 1.29 is 15.0 Å². The Hall–Kier alpha value is -1.35. The molecule has 1 N–H and O–H groups in total. The molecule has 1 radical (unpaired) electrons. The Bertz CT molecular complexity index is 251. The molecular formula is C8H7O3. The molecule has 0 amide bonds. The van der Waals surface area contributed by atoms with E-state index < -0.39 is 12.4 Å². The molecule has 0 aliphatic rings. The summed E-state index contributed by atoms with van der Waals surface area (Å²) >= 11 is 0. The highest BCUT2D eigenvalue weighted by molar-refractivity contribution is 5.96. The van der Waals surface area contributed by atoms with Crippen molar-refractivity contribution in [3.63, 3.8) is 0 Å². The van der Waals surface area contributed by atoms with E-state index in [-0.39, 0.29) is 5.75 Å². The number of ketones is 1. The van der Waals surface area contributed by atoms with Gasteiger partial charge in [-0.15, -0.1) is 0 Å². The van der Waals surface area contributed by atoms with Crippen molar-refractivity contribution in [3.8, 4) is 5.75 Å². The summed E-state index contributed by atoms with van der Waals surface area (Å²) in [6.07, 6.45) is 0. The van der Waals surface area contributed by atoms with E-state index in [9.17, 15) is 9.90 Å². The minimum Gasteiger partial charge on any atom is -0.508 e. The Morgan fingerprint density at radius 2 is 1.82 bits per heavy atom. The molecule has 0 saturated carbocycles. The van der Waals surface area contributed by atoms with Crippen molar-refractivity contribution in [3.05, 3.63) is 29.8 Å². The number of carbonyl (C=O) groups excluding carboxylic acids is 1. The zero-order valence-corrected chi connectivity index (χ0v) is 5.78. The third-order valence-corrected chi connectivity index (χ3v) is 1.32. The predicted octanol–water partition coefficient (Wildman–Crippen LogP) is 1.01. The molecule has 0 bridgehead atoms. The first-order valence-corrected chi connectivity index (χ1v) is 3.14. The van der Waals surface area contributed by atoms with Crippen LogP contribution in [0.3, 0.4) is 0 Å². The fourth-order valence-electron chi connectivity index (χ4n) is 0.731. The number of benzene rings is 1. The van der Waals surface area contributed by atoms with Gasteiger partial charge < -0.3 is 5.11 Å². The average Bonchev–Trinajstić information content (AvgIpc) is 2.05. The first-order valence-electron chi connectivity index (χ1n) is 3.14. The Kier molecular flexibility index (Phi) is 2.23. The highest BCUT2D eigenvalue weighted by Crippen LogP contribution is 2.09. The van der Waals surface area contributed by atoms with Crippen molar-refractivity contribution in [1.82, 2.24) is 0 Å². The van der Waals surface area contributed by atoms with Crippen LogP contribution in [0.2, 0.25) is 0 Å². The standard InChI is InChI=1S/C8H7O3/c9-5-8(11)6-1-3-7(10)4-2-6/h1-4,10H,5H2. The van der Waals surface area contributed by atoms with Gasteiger partial charge in [-0.1, -0.05) is 0 Å². The first kappa shape index (κ1) is 7.75. The molecule has 0 aromatic heterocycles. The largest absolute Gasteiger partial charge is 0.508 e. The van der Waals surface area contributed by atoms with Crippen LogP contribution in [0.4, 0.5) is 0 Å². The van der Waals surface area contributed by atoms with Crippen LogP contribution in [-0.4, -0.2) is 17.5 Å². The van der Waals surface area contributed by atoms with Crippen LogP contribution in [0.25, 0.3) is 0 Å². The normalized spacial score (nSPS) is 9.55. The lowest BCUT2D eigenvalue weighted by molar-refractivity contribution is 0.0827. The number of phenols is 1. The van der Waals surface area contributed by atoms with Crippen LogP contribution in [0.1, 0.15) is 10.4 Å². The van der Waals surface area contributed by atoms with E-state index in [1.807, 2.05) is 0 Å². The molecule has 1 aromatic rings. The van der Waals surface area contributed by atoms with Gasteiger partial charge in [0.25, 0.3) is 0 Å². The minimum atomic E-state index is -0.745. The maximum atomic E-state index is 10.7. The maximum absolute atomic E-state index is 10.7. The number of aromatic hydroxyl groups is 1. The van der Waals surface area contributed by atoms with Crippen molar-refractivity contribution in [2.24, 2.45) is 0 Å². The SMILES string of the molecule is [O]CC(=O)c1ccc(O)cc1. The number of carbonyl (C=O) groups is 1. The molecule has 0 heterocycles. The van der Waals surface area contributed by atoms with Crippen LogP contribution in [0.5, 0.6) is 5.75 Å². The van der Waals surface area contributed by atoms with Gasteiger partial charge in [-0.25, -0.2) is 5.11 Å². The molecule has 0 aliphatic carbocycles. The van der Waals surface area contributed by atoms with E-state index in [0.717, 1.165) is 0 Å². The Balaban J connectivity index is 2.90. The maximum Gasteiger partial charge on any atom is 0.191 e. The summed E-state index contributed by atoms with van der Waals surface area (Å²) in [5.41, 5.74) is 0.345. The quantitative estimate of drug-likeness (QED) is 0.641. The van der Waals surface area contributed by atoms with Gasteiger partial charge in [0.05, 0.1) is 0 Å². The van der Waals surface area contributed by atoms with Crippen molar-refractivity contribution in [2.45, 2.75) is 0 Å². The van der Waals surface area contributed by atoms with Crippen LogP contribution >= 0.6 is 0 Å². The molecule has 1 aromatic carbocycles. The average molecular weight is 151 g/mol. The summed E-state index contributed by atoms with van der Waals surface area (Å²) in [5, 5.41) is 18.9. The number of phenolic OH excluding ortho intramolecular Hbond substituents is 1. The second-order valence-electron chi connectivity index (χ2n) is 2.11.